The predicted octanol–water partition coefficient (Wildman–Crippen LogP) is 2.63. The van der Waals surface area contributed by atoms with Crippen molar-refractivity contribution in [1.29, 1.82) is 0 Å². The van der Waals surface area contributed by atoms with Gasteiger partial charge in [0.1, 0.15) is 0 Å². The predicted molar refractivity (Wildman–Crippen MR) is 96.5 cm³/mol. The average molecular weight is 369 g/mol. The minimum Gasteiger partial charge on any atom is -0.459 e. The van der Waals surface area contributed by atoms with Crippen LogP contribution in [0.5, 0.6) is 0 Å². The summed E-state index contributed by atoms with van der Waals surface area (Å²) in [5, 5.41) is 11.0. The summed E-state index contributed by atoms with van der Waals surface area (Å²) >= 11 is 0. The van der Waals surface area contributed by atoms with Crippen LogP contribution in [0.3, 0.4) is 0 Å². The van der Waals surface area contributed by atoms with Gasteiger partial charge in [-0.1, -0.05) is 6.07 Å². The molecule has 0 aliphatic carbocycles. The maximum Gasteiger partial charge on any atom is 0.289 e. The number of anilines is 1. The zero-order valence-electron chi connectivity index (χ0n) is 14.7. The number of non-ortho nitro benzene ring substituents is 1. The summed E-state index contributed by atoms with van der Waals surface area (Å²) in [4.78, 5) is 39.3. The molecule has 4 rings (SSSR count). The van der Waals surface area contributed by atoms with Crippen LogP contribution in [0.2, 0.25) is 0 Å². The van der Waals surface area contributed by atoms with Crippen LogP contribution in [-0.2, 0) is 11.2 Å². The molecule has 2 aliphatic heterocycles. The first-order valence-corrected chi connectivity index (χ1v) is 8.96. The molecule has 2 aromatic rings. The largest absolute Gasteiger partial charge is 0.459 e. The first-order chi connectivity index (χ1) is 13.0. The van der Waals surface area contributed by atoms with Crippen LogP contribution in [0.4, 0.5) is 11.4 Å². The summed E-state index contributed by atoms with van der Waals surface area (Å²) in [7, 11) is 0. The molecule has 1 aromatic carbocycles. The van der Waals surface area contributed by atoms with E-state index < -0.39 is 4.92 Å². The molecule has 8 heteroatoms. The van der Waals surface area contributed by atoms with Crippen molar-refractivity contribution in [1.82, 2.24) is 4.90 Å². The second kappa shape index (κ2) is 6.86. The van der Waals surface area contributed by atoms with Gasteiger partial charge in [-0.05, 0) is 37.0 Å². The molecule has 2 amide bonds. The van der Waals surface area contributed by atoms with Gasteiger partial charge in [0.15, 0.2) is 5.76 Å². The van der Waals surface area contributed by atoms with Crippen molar-refractivity contribution in [2.75, 3.05) is 24.5 Å². The molecule has 0 unspecified atom stereocenters. The van der Waals surface area contributed by atoms with Gasteiger partial charge in [0.25, 0.3) is 11.6 Å². The molecular weight excluding hydrogens is 350 g/mol. The third-order valence-corrected chi connectivity index (χ3v) is 5.30. The van der Waals surface area contributed by atoms with E-state index in [-0.39, 0.29) is 23.4 Å². The van der Waals surface area contributed by atoms with E-state index in [0.29, 0.717) is 50.3 Å². The lowest BCUT2D eigenvalue weighted by molar-refractivity contribution is -0.384. The number of nitro groups is 1. The second-order valence-corrected chi connectivity index (χ2v) is 6.85. The average Bonchev–Trinajstić information content (AvgIpc) is 3.36. The van der Waals surface area contributed by atoms with Gasteiger partial charge in [-0.3, -0.25) is 19.7 Å². The monoisotopic (exact) mass is 369 g/mol. The number of amides is 2. The Morgan fingerprint density at radius 2 is 1.93 bits per heavy atom. The molecule has 27 heavy (non-hydrogen) atoms. The van der Waals surface area contributed by atoms with Crippen LogP contribution < -0.4 is 4.90 Å². The summed E-state index contributed by atoms with van der Waals surface area (Å²) in [6.07, 6.45) is 3.32. The molecular formula is C19H19N3O5. The SMILES string of the molecule is O=C(c1ccco1)N1CCC(C(=O)N2CCc3ccc([N+](=O)[O-])cc32)CC1. The van der Waals surface area contributed by atoms with Gasteiger partial charge in [0, 0.05) is 37.7 Å². The molecule has 8 nitrogen and oxygen atoms in total. The lowest BCUT2D eigenvalue weighted by Gasteiger charge is -2.32. The highest BCUT2D eigenvalue weighted by Crippen LogP contribution is 2.34. The molecule has 1 fully saturated rings. The second-order valence-electron chi connectivity index (χ2n) is 6.85. The lowest BCUT2D eigenvalue weighted by atomic mass is 9.95. The van der Waals surface area contributed by atoms with E-state index in [1.54, 1.807) is 28.0 Å². The number of nitro benzene ring substituents is 1. The van der Waals surface area contributed by atoms with Gasteiger partial charge in [0.05, 0.1) is 16.9 Å². The normalized spacial score (nSPS) is 17.0. The number of furan rings is 1. The quantitative estimate of drug-likeness (QED) is 0.612. The molecule has 0 bridgehead atoms. The van der Waals surface area contributed by atoms with Crippen molar-refractivity contribution in [3.05, 3.63) is 58.0 Å². The smallest absolute Gasteiger partial charge is 0.289 e. The molecule has 140 valence electrons. The Morgan fingerprint density at radius 3 is 2.59 bits per heavy atom. The zero-order chi connectivity index (χ0) is 19.0. The van der Waals surface area contributed by atoms with Crippen molar-refractivity contribution in [3.8, 4) is 0 Å². The van der Waals surface area contributed by atoms with E-state index in [9.17, 15) is 19.7 Å². The highest BCUT2D eigenvalue weighted by Gasteiger charge is 2.34. The van der Waals surface area contributed by atoms with Crippen molar-refractivity contribution in [2.24, 2.45) is 5.92 Å². The van der Waals surface area contributed by atoms with Gasteiger partial charge >= 0.3 is 0 Å². The number of hydrogen-bond donors (Lipinski definition) is 0. The molecule has 3 heterocycles. The summed E-state index contributed by atoms with van der Waals surface area (Å²) in [5.74, 6) is -0.0520. The topological polar surface area (TPSA) is 96.9 Å². The fourth-order valence-electron chi connectivity index (χ4n) is 3.82. The van der Waals surface area contributed by atoms with Gasteiger partial charge in [-0.2, -0.15) is 0 Å². The van der Waals surface area contributed by atoms with Gasteiger partial charge < -0.3 is 14.2 Å². The van der Waals surface area contributed by atoms with Crippen LogP contribution in [0.1, 0.15) is 29.0 Å². The summed E-state index contributed by atoms with van der Waals surface area (Å²) < 4.78 is 5.15. The molecule has 0 atom stereocenters. The number of carbonyl (C=O) groups excluding carboxylic acids is 2. The molecule has 1 saturated heterocycles. The van der Waals surface area contributed by atoms with E-state index in [4.69, 9.17) is 4.42 Å². The Hall–Kier alpha value is -3.16. The molecule has 2 aliphatic rings. The van der Waals surface area contributed by atoms with Gasteiger partial charge in [-0.25, -0.2) is 0 Å². The summed E-state index contributed by atoms with van der Waals surface area (Å²) in [5.41, 5.74) is 1.59. The third-order valence-electron chi connectivity index (χ3n) is 5.30. The highest BCUT2D eigenvalue weighted by atomic mass is 16.6. The lowest BCUT2D eigenvalue weighted by Crippen LogP contribution is -2.44. The van der Waals surface area contributed by atoms with E-state index in [1.165, 1.54) is 18.4 Å². The van der Waals surface area contributed by atoms with Gasteiger partial charge in [0.2, 0.25) is 5.91 Å². The minimum atomic E-state index is -0.444. The Balaban J connectivity index is 1.43. The van der Waals surface area contributed by atoms with E-state index in [0.717, 1.165) is 5.56 Å². The summed E-state index contributed by atoms with van der Waals surface area (Å²) in [6, 6.07) is 7.99. The Kier molecular flexibility index (Phi) is 4.39. The van der Waals surface area contributed by atoms with Crippen molar-refractivity contribution in [2.45, 2.75) is 19.3 Å². The zero-order valence-corrected chi connectivity index (χ0v) is 14.7. The van der Waals surface area contributed by atoms with Crippen LogP contribution in [0.25, 0.3) is 0 Å². The Morgan fingerprint density at radius 1 is 1.15 bits per heavy atom. The molecule has 0 radical (unpaired) electrons. The van der Waals surface area contributed by atoms with E-state index >= 15 is 0 Å². The Bertz CT molecular complexity index is 885. The van der Waals surface area contributed by atoms with Crippen LogP contribution >= 0.6 is 0 Å². The van der Waals surface area contributed by atoms with Gasteiger partial charge in [-0.15, -0.1) is 0 Å². The number of hydrogen-bond acceptors (Lipinski definition) is 5. The molecule has 0 N–H and O–H groups in total. The van der Waals surface area contributed by atoms with Crippen molar-refractivity contribution < 1.29 is 18.9 Å². The number of carbonyl (C=O) groups is 2. The minimum absolute atomic E-state index is 0.00712. The number of benzene rings is 1. The van der Waals surface area contributed by atoms with Crippen LogP contribution in [-0.4, -0.2) is 41.3 Å². The molecule has 1 aromatic heterocycles. The number of rotatable bonds is 3. The number of fused-ring (bicyclic) bond motifs is 1. The molecule has 0 saturated carbocycles. The summed E-state index contributed by atoms with van der Waals surface area (Å²) in [6.45, 7) is 1.53. The van der Waals surface area contributed by atoms with E-state index in [1.807, 2.05) is 0 Å². The fraction of sp³-hybridized carbons (Fsp3) is 0.368. The maximum atomic E-state index is 13.0. The third kappa shape index (κ3) is 3.18. The highest BCUT2D eigenvalue weighted by molar-refractivity contribution is 5.98. The van der Waals surface area contributed by atoms with E-state index in [2.05, 4.69) is 0 Å². The fourth-order valence-corrected chi connectivity index (χ4v) is 3.82. The standard InChI is InChI=1S/C19H19N3O5/c23-18(21-10-7-13-3-4-15(22(25)26)12-16(13)21)14-5-8-20(9-6-14)19(24)17-2-1-11-27-17/h1-4,11-12,14H,5-10H2. The number of piperidine rings is 1. The van der Waals surface area contributed by atoms with Crippen molar-refractivity contribution >= 4 is 23.2 Å². The first kappa shape index (κ1) is 17.3. The Labute approximate surface area is 155 Å². The van der Waals surface area contributed by atoms with Crippen molar-refractivity contribution in [3.63, 3.8) is 0 Å². The number of likely N-dealkylation sites (tertiary alicyclic amines) is 1. The van der Waals surface area contributed by atoms with Crippen LogP contribution in [0.15, 0.2) is 41.0 Å². The maximum absolute atomic E-state index is 13.0. The first-order valence-electron chi connectivity index (χ1n) is 8.96. The van der Waals surface area contributed by atoms with Crippen LogP contribution in [0, 0.1) is 16.0 Å². The number of nitrogens with zero attached hydrogens (tertiary/aromatic N) is 3. The molecule has 0 spiro atoms.